The Morgan fingerprint density at radius 3 is 1.31 bits per heavy atom. The molecule has 0 aliphatic heterocycles. The predicted octanol–water partition coefficient (Wildman–Crippen LogP) is 11.9. The monoisotopic (exact) mass is 1030 g/mol. The maximum absolute atomic E-state index is 13.0. The lowest BCUT2D eigenvalue weighted by Gasteiger charge is -2.46. The van der Waals surface area contributed by atoms with E-state index < -0.39 is 30.4 Å². The number of carbonyl (C=O) groups excluding carboxylic acids is 5. The summed E-state index contributed by atoms with van der Waals surface area (Å²) < 4.78 is 44.5. The number of esters is 3. The van der Waals surface area contributed by atoms with E-state index in [1.165, 1.54) is 0 Å². The van der Waals surface area contributed by atoms with Gasteiger partial charge in [-0.25, -0.2) is 14.4 Å². The summed E-state index contributed by atoms with van der Waals surface area (Å²) in [6.07, 6.45) is 4.58. The van der Waals surface area contributed by atoms with E-state index in [0.717, 1.165) is 48.8 Å². The van der Waals surface area contributed by atoms with Crippen molar-refractivity contribution in [2.24, 2.45) is 21.7 Å². The van der Waals surface area contributed by atoms with E-state index in [-0.39, 0.29) is 110 Å². The molecule has 2 aromatic rings. The fraction of sp³-hybridized carbons (Fsp3) is 0.610. The first-order chi connectivity index (χ1) is 34.6. The van der Waals surface area contributed by atoms with Crippen molar-refractivity contribution in [3.05, 3.63) is 96.3 Å². The van der Waals surface area contributed by atoms with Crippen LogP contribution in [0, 0.1) is 21.7 Å². The fourth-order valence-electron chi connectivity index (χ4n) is 10.9. The Morgan fingerprint density at radius 2 is 0.932 bits per heavy atom. The quantitative estimate of drug-likeness (QED) is 0.0215. The number of allylic oxidation sites excluding steroid dienone is 1. The van der Waals surface area contributed by atoms with E-state index >= 15 is 0 Å². The van der Waals surface area contributed by atoms with Crippen molar-refractivity contribution in [2.45, 2.75) is 171 Å². The molecule has 2 saturated carbocycles. The summed E-state index contributed by atoms with van der Waals surface area (Å²) in [7, 11) is 0. The first-order valence-electron chi connectivity index (χ1n) is 26.1. The van der Waals surface area contributed by atoms with Crippen molar-refractivity contribution in [3.63, 3.8) is 0 Å². The van der Waals surface area contributed by atoms with Crippen LogP contribution in [0.2, 0.25) is 0 Å². The Kier molecular flexibility index (Phi) is 22.5. The van der Waals surface area contributed by atoms with Crippen LogP contribution < -0.4 is 20.1 Å². The second kappa shape index (κ2) is 27.5. The van der Waals surface area contributed by atoms with Crippen LogP contribution in [-0.2, 0) is 42.8 Å². The van der Waals surface area contributed by atoms with Gasteiger partial charge >= 0.3 is 30.1 Å². The summed E-state index contributed by atoms with van der Waals surface area (Å²) >= 11 is 0. The molecule has 410 valence electrons. The molecule has 2 aliphatic rings. The third kappa shape index (κ3) is 21.5. The van der Waals surface area contributed by atoms with Gasteiger partial charge in [0.25, 0.3) is 0 Å². The summed E-state index contributed by atoms with van der Waals surface area (Å²) in [4.78, 5) is 62.7. The van der Waals surface area contributed by atoms with Gasteiger partial charge in [-0.1, -0.05) is 92.5 Å². The van der Waals surface area contributed by atoms with Gasteiger partial charge in [0, 0.05) is 36.4 Å². The van der Waals surface area contributed by atoms with Crippen LogP contribution in [0.4, 0.5) is 9.59 Å². The Morgan fingerprint density at radius 1 is 0.554 bits per heavy atom. The molecule has 15 heteroatoms. The first-order valence-corrected chi connectivity index (χ1v) is 26.1. The minimum Gasteiger partial charge on any atom is -0.490 e. The molecule has 2 N–H and O–H groups in total. The van der Waals surface area contributed by atoms with Gasteiger partial charge in [-0.3, -0.25) is 9.59 Å². The number of nitrogens with one attached hydrogen (secondary N) is 2. The van der Waals surface area contributed by atoms with Gasteiger partial charge in [-0.2, -0.15) is 0 Å². The highest BCUT2D eigenvalue weighted by atomic mass is 16.6. The number of benzene rings is 2. The van der Waals surface area contributed by atoms with Crippen molar-refractivity contribution in [1.29, 1.82) is 0 Å². The van der Waals surface area contributed by atoms with E-state index in [9.17, 15) is 24.0 Å². The molecule has 7 atom stereocenters. The molecule has 0 spiro atoms. The number of alkyl carbamates (subject to hydrolysis) is 2. The molecule has 7 unspecified atom stereocenters. The van der Waals surface area contributed by atoms with Gasteiger partial charge in [0.15, 0.2) is 0 Å². The van der Waals surface area contributed by atoms with E-state index in [1.54, 1.807) is 13.8 Å². The molecule has 0 bridgehead atoms. The van der Waals surface area contributed by atoms with Crippen LogP contribution in [-0.4, -0.2) is 94.0 Å². The minimum atomic E-state index is -0.568. The third-order valence-corrected chi connectivity index (χ3v) is 13.8. The topological polar surface area (TPSA) is 183 Å². The molecule has 74 heavy (non-hydrogen) atoms. The molecule has 0 radical (unpaired) electrons. The van der Waals surface area contributed by atoms with Gasteiger partial charge in [-0.15, -0.1) is 0 Å². The SMILES string of the molecule is C=C(C)C(=C)OCCOC(=O)NC1CC(C)(C)CC(C)(CCC(=O)OC(C)COc2ccc(C(C)c3ccc(OCC(C)OC(=O)CCC4(C)CC(NC(=O)OCCOC(=O)C(=C)C)CC(C)(C)C4)cc3)cc2)C1. The normalized spacial score (nSPS) is 22.0. The Labute approximate surface area is 440 Å². The van der Waals surface area contributed by atoms with Gasteiger partial charge < -0.3 is 48.5 Å². The van der Waals surface area contributed by atoms with Crippen molar-refractivity contribution in [2.75, 3.05) is 39.6 Å². The molecule has 2 amide bonds. The Bertz CT molecular complexity index is 2080. The molecular weight excluding hydrogens is 945 g/mol. The molecule has 15 nitrogen and oxygen atoms in total. The van der Waals surface area contributed by atoms with Crippen molar-refractivity contribution < 1.29 is 61.9 Å². The summed E-state index contributed by atoms with van der Waals surface area (Å²) in [5, 5.41) is 5.99. The summed E-state index contributed by atoms with van der Waals surface area (Å²) in [5.74, 6) is 0.793. The predicted molar refractivity (Wildman–Crippen MR) is 285 cm³/mol. The number of amides is 2. The number of hydrogen-bond donors (Lipinski definition) is 2. The number of ether oxygens (including phenoxy) is 8. The molecular formula is C59H86N2O13. The van der Waals surface area contributed by atoms with Crippen molar-refractivity contribution in [1.82, 2.24) is 10.6 Å². The lowest BCUT2D eigenvalue weighted by molar-refractivity contribution is -0.151. The first kappa shape index (κ1) is 60.6. The fourth-order valence-corrected chi connectivity index (χ4v) is 10.9. The molecule has 4 rings (SSSR count). The minimum absolute atomic E-state index is 0.0372. The largest absolute Gasteiger partial charge is 0.490 e. The van der Waals surface area contributed by atoms with Crippen LogP contribution >= 0.6 is 0 Å². The maximum Gasteiger partial charge on any atom is 0.407 e. The van der Waals surface area contributed by atoms with Gasteiger partial charge in [0.2, 0.25) is 0 Å². The number of hydrogen-bond acceptors (Lipinski definition) is 13. The Balaban J connectivity index is 1.13. The summed E-state index contributed by atoms with van der Waals surface area (Å²) in [6, 6.07) is 15.5. The van der Waals surface area contributed by atoms with E-state index in [2.05, 4.69) is 78.8 Å². The average Bonchev–Trinajstić information content (AvgIpc) is 3.30. The molecule has 0 saturated heterocycles. The van der Waals surface area contributed by atoms with E-state index in [1.807, 2.05) is 62.4 Å². The van der Waals surface area contributed by atoms with E-state index in [0.29, 0.717) is 36.5 Å². The highest BCUT2D eigenvalue weighted by Crippen LogP contribution is 2.50. The van der Waals surface area contributed by atoms with Crippen molar-refractivity contribution in [3.8, 4) is 11.5 Å². The zero-order valence-electron chi connectivity index (χ0n) is 46.2. The second-order valence-electron chi connectivity index (χ2n) is 23.1. The molecule has 0 heterocycles. The zero-order chi connectivity index (χ0) is 54.9. The molecule has 2 aliphatic carbocycles. The highest BCUT2D eigenvalue weighted by molar-refractivity contribution is 5.86. The average molecular weight is 1030 g/mol. The van der Waals surface area contributed by atoms with E-state index in [4.69, 9.17) is 37.9 Å². The van der Waals surface area contributed by atoms with Crippen LogP contribution in [0.5, 0.6) is 11.5 Å². The van der Waals surface area contributed by atoms with Crippen LogP contribution in [0.3, 0.4) is 0 Å². The highest BCUT2D eigenvalue weighted by Gasteiger charge is 2.43. The summed E-state index contributed by atoms with van der Waals surface area (Å²) in [5.41, 5.74) is 2.71. The lowest BCUT2D eigenvalue weighted by atomic mass is 9.61. The van der Waals surface area contributed by atoms with Gasteiger partial charge in [0.1, 0.15) is 69.1 Å². The smallest absolute Gasteiger partial charge is 0.407 e. The standard InChI is InChI=1S/C59H86N2O13/c1-39(2)44(8)67-27-29-69-54(65)60-47-31-56(9,10)37-58(13,33-47)25-23-51(62)73-41(5)35-71-49-19-15-45(16-20-49)43(7)46-17-21-50(22-18-46)72-36-42(6)74-52(63)24-26-59(14)34-48(32-57(11,12)38-59)61-55(66)70-30-28-68-53(64)40(3)4/h15-22,41-43,47-48H,1,3,8,23-38H2,2,4-7,9-14H3,(H,60,65)(H,61,66). The lowest BCUT2D eigenvalue weighted by Crippen LogP contribution is -2.47. The number of rotatable bonds is 27. The molecule has 2 fully saturated rings. The van der Waals surface area contributed by atoms with Gasteiger partial charge in [-0.05, 0) is 142 Å². The summed E-state index contributed by atoms with van der Waals surface area (Å²) in [6.45, 7) is 33.8. The Hall–Kier alpha value is -5.99. The van der Waals surface area contributed by atoms with Crippen LogP contribution in [0.15, 0.2) is 85.2 Å². The van der Waals surface area contributed by atoms with Crippen molar-refractivity contribution >= 4 is 30.1 Å². The second-order valence-corrected chi connectivity index (χ2v) is 23.1. The maximum atomic E-state index is 13.0. The van der Waals surface area contributed by atoms with Gasteiger partial charge in [0.05, 0.1) is 0 Å². The zero-order valence-corrected chi connectivity index (χ0v) is 46.2. The number of carbonyl (C=O) groups is 5. The van der Waals surface area contributed by atoms with Crippen LogP contribution in [0.1, 0.15) is 157 Å². The molecule has 2 aromatic carbocycles. The third-order valence-electron chi connectivity index (χ3n) is 13.8. The van der Waals surface area contributed by atoms with Crippen LogP contribution in [0.25, 0.3) is 0 Å². The molecule has 0 aromatic heterocycles.